The van der Waals surface area contributed by atoms with Gasteiger partial charge in [-0.05, 0) is 62.5 Å². The highest BCUT2D eigenvalue weighted by molar-refractivity contribution is 6.24. The largest absolute Gasteiger partial charge is 0.508 e. The molecule has 35 heavy (non-hydrogen) atoms. The molecule has 186 valence electrons. The fraction of sp³-hybridized carbons (Fsp3) is 0.400. The van der Waals surface area contributed by atoms with E-state index in [9.17, 15) is 34.8 Å². The second-order valence-corrected chi connectivity index (χ2v) is 9.48. The monoisotopic (exact) mass is 484 g/mol. The van der Waals surface area contributed by atoms with Crippen molar-refractivity contribution in [2.45, 2.75) is 31.4 Å². The van der Waals surface area contributed by atoms with Crippen LogP contribution in [0.15, 0.2) is 35.3 Å². The molecule has 4 unspecified atom stereocenters. The van der Waals surface area contributed by atoms with Crippen LogP contribution in [-0.2, 0) is 25.5 Å². The maximum Gasteiger partial charge on any atom is 0.255 e. The van der Waals surface area contributed by atoms with Gasteiger partial charge in [0.05, 0.1) is 25.0 Å². The van der Waals surface area contributed by atoms with E-state index in [2.05, 4.69) is 0 Å². The van der Waals surface area contributed by atoms with E-state index in [0.29, 0.717) is 11.1 Å². The lowest BCUT2D eigenvalue weighted by atomic mass is 9.57. The van der Waals surface area contributed by atoms with Crippen LogP contribution in [0.4, 0.5) is 0 Å². The summed E-state index contributed by atoms with van der Waals surface area (Å²) in [7, 11) is 4.61. The number of rotatable bonds is 4. The number of aromatic hydroxyl groups is 1. The summed E-state index contributed by atoms with van der Waals surface area (Å²) in [6.07, 6.45) is 1.77. The summed E-state index contributed by atoms with van der Waals surface area (Å²) in [5.41, 5.74) is 3.70. The third-order valence-corrected chi connectivity index (χ3v) is 7.32. The number of hydrogen-bond donors (Lipinski definition) is 5. The first-order valence-corrected chi connectivity index (χ1v) is 11.1. The molecule has 4 rings (SSSR count). The lowest BCUT2D eigenvalue weighted by Gasteiger charge is -2.50. The number of Topliss-reactive ketones (excluding diaryl/α,β-unsaturated/α-hetero) is 2. The predicted molar refractivity (Wildman–Crippen MR) is 125 cm³/mol. The number of likely N-dealkylation sites (N-methyl/N-ethyl adjacent to an activating group) is 1. The molecule has 1 amide bonds. The number of primary amides is 1. The van der Waals surface area contributed by atoms with E-state index < -0.39 is 58.0 Å². The highest BCUT2D eigenvalue weighted by atomic mass is 16.5. The van der Waals surface area contributed by atoms with Crippen LogP contribution in [0.3, 0.4) is 0 Å². The standard InChI is InChI=1S/C25H28N2O8/c1-10(9-35-4)12-5-6-15(28)17-13(12)7-11-8-14-19(27(2)3)21(30)18(24(26)33)23(32)25(14,34)22(31)16(11)20(17)29/h5-6,9,11,14,19,28-29,32,34H,7-8H2,1-4H3,(H2,26,33)/b10-9-. The van der Waals surface area contributed by atoms with E-state index in [1.807, 2.05) is 0 Å². The normalized spacial score (nSPS) is 28.6. The van der Waals surface area contributed by atoms with Crippen molar-refractivity contribution in [3.63, 3.8) is 0 Å². The van der Waals surface area contributed by atoms with Crippen LogP contribution in [0.1, 0.15) is 30.0 Å². The van der Waals surface area contributed by atoms with Crippen LogP contribution in [0.5, 0.6) is 5.75 Å². The lowest BCUT2D eigenvalue weighted by Crippen LogP contribution is -2.65. The Labute approximate surface area is 201 Å². The summed E-state index contributed by atoms with van der Waals surface area (Å²) < 4.78 is 5.11. The molecule has 1 aromatic carbocycles. The van der Waals surface area contributed by atoms with Crippen LogP contribution in [-0.4, -0.2) is 75.6 Å². The van der Waals surface area contributed by atoms with Crippen molar-refractivity contribution in [1.82, 2.24) is 4.90 Å². The summed E-state index contributed by atoms with van der Waals surface area (Å²) >= 11 is 0. The number of allylic oxidation sites excluding steroid dienone is 1. The Bertz CT molecular complexity index is 1260. The van der Waals surface area contributed by atoms with Crippen LogP contribution in [0, 0.1) is 11.8 Å². The molecule has 3 aliphatic carbocycles. The van der Waals surface area contributed by atoms with Gasteiger partial charge in [-0.1, -0.05) is 6.07 Å². The average Bonchev–Trinajstić information content (AvgIpc) is 2.76. The van der Waals surface area contributed by atoms with Crippen molar-refractivity contribution < 1.29 is 39.5 Å². The van der Waals surface area contributed by atoms with Crippen LogP contribution >= 0.6 is 0 Å². The van der Waals surface area contributed by atoms with Crippen molar-refractivity contribution in [1.29, 1.82) is 0 Å². The molecule has 6 N–H and O–H groups in total. The minimum Gasteiger partial charge on any atom is -0.508 e. The van der Waals surface area contributed by atoms with Crippen molar-refractivity contribution in [3.8, 4) is 5.75 Å². The van der Waals surface area contributed by atoms with Crippen molar-refractivity contribution in [2.24, 2.45) is 17.6 Å². The molecule has 10 heteroatoms. The zero-order valence-corrected chi connectivity index (χ0v) is 19.8. The van der Waals surface area contributed by atoms with Gasteiger partial charge in [0, 0.05) is 11.5 Å². The number of carbonyl (C=O) groups excluding carboxylic acids is 3. The van der Waals surface area contributed by atoms with Gasteiger partial charge in [-0.2, -0.15) is 0 Å². The molecular weight excluding hydrogens is 456 g/mol. The smallest absolute Gasteiger partial charge is 0.255 e. The molecule has 0 bridgehead atoms. The van der Waals surface area contributed by atoms with E-state index in [-0.39, 0.29) is 29.7 Å². The summed E-state index contributed by atoms with van der Waals surface area (Å²) in [6, 6.07) is 1.94. The molecule has 0 radical (unpaired) electrons. The van der Waals surface area contributed by atoms with Crippen LogP contribution < -0.4 is 5.73 Å². The van der Waals surface area contributed by atoms with Gasteiger partial charge in [-0.3, -0.25) is 19.3 Å². The number of carbonyl (C=O) groups is 3. The van der Waals surface area contributed by atoms with E-state index in [4.69, 9.17) is 10.5 Å². The predicted octanol–water partition coefficient (Wildman–Crippen LogP) is 0.971. The number of hydrogen-bond acceptors (Lipinski definition) is 9. The number of aliphatic hydroxyl groups excluding tert-OH is 2. The molecular formula is C25H28N2O8. The van der Waals surface area contributed by atoms with Crippen LogP contribution in [0.2, 0.25) is 0 Å². The first kappa shape index (κ1) is 24.5. The van der Waals surface area contributed by atoms with Crippen molar-refractivity contribution >= 4 is 28.8 Å². The third kappa shape index (κ3) is 3.28. The van der Waals surface area contributed by atoms with Gasteiger partial charge in [0.15, 0.2) is 11.4 Å². The summed E-state index contributed by atoms with van der Waals surface area (Å²) in [5, 5.41) is 44.2. The molecule has 1 aromatic rings. The number of phenols is 1. The van der Waals surface area contributed by atoms with Gasteiger partial charge >= 0.3 is 0 Å². The van der Waals surface area contributed by atoms with Crippen LogP contribution in [0.25, 0.3) is 11.3 Å². The number of nitrogens with zero attached hydrogens (tertiary/aromatic N) is 1. The number of ketones is 2. The summed E-state index contributed by atoms with van der Waals surface area (Å²) in [6.45, 7) is 1.80. The van der Waals surface area contributed by atoms with E-state index >= 15 is 0 Å². The Morgan fingerprint density at radius 2 is 1.89 bits per heavy atom. The Kier molecular flexibility index (Phi) is 5.77. The number of fused-ring (bicyclic) bond motifs is 3. The molecule has 10 nitrogen and oxygen atoms in total. The highest BCUT2D eigenvalue weighted by Crippen LogP contribution is 2.53. The first-order valence-electron chi connectivity index (χ1n) is 11.1. The third-order valence-electron chi connectivity index (χ3n) is 7.32. The summed E-state index contributed by atoms with van der Waals surface area (Å²) in [4.78, 5) is 40.3. The number of amides is 1. The van der Waals surface area contributed by atoms with E-state index in [1.54, 1.807) is 27.1 Å². The molecule has 3 aliphatic rings. The number of nitrogens with two attached hydrogens (primary N) is 1. The summed E-state index contributed by atoms with van der Waals surface area (Å²) in [5.74, 6) is -6.72. The zero-order chi connectivity index (χ0) is 26.0. The van der Waals surface area contributed by atoms with Crippen molar-refractivity contribution in [3.05, 3.63) is 52.0 Å². The topological polar surface area (TPSA) is 171 Å². The minimum absolute atomic E-state index is 0.0356. The number of phenolic OH excluding ortho intramolecular Hbond substituents is 1. The number of aliphatic hydroxyl groups is 3. The minimum atomic E-state index is -2.65. The van der Waals surface area contributed by atoms with Gasteiger partial charge in [0.2, 0.25) is 5.78 Å². The number of methoxy groups -OCH3 is 1. The molecule has 4 atom stereocenters. The average molecular weight is 485 g/mol. The molecule has 0 aromatic heterocycles. The van der Waals surface area contributed by atoms with E-state index in [0.717, 1.165) is 5.57 Å². The van der Waals surface area contributed by atoms with Gasteiger partial charge < -0.3 is 30.9 Å². The second kappa shape index (κ2) is 8.24. The van der Waals surface area contributed by atoms with Crippen molar-refractivity contribution in [2.75, 3.05) is 21.2 Å². The Morgan fingerprint density at radius 1 is 1.23 bits per heavy atom. The van der Waals surface area contributed by atoms with Gasteiger partial charge in [-0.15, -0.1) is 0 Å². The maximum atomic E-state index is 13.8. The molecule has 0 spiro atoms. The lowest BCUT2D eigenvalue weighted by molar-refractivity contribution is -0.153. The fourth-order valence-corrected chi connectivity index (χ4v) is 5.85. The Balaban J connectivity index is 1.98. The van der Waals surface area contributed by atoms with Gasteiger partial charge in [-0.25, -0.2) is 0 Å². The molecule has 0 heterocycles. The second-order valence-electron chi connectivity index (χ2n) is 9.48. The quantitative estimate of drug-likeness (QED) is 0.308. The maximum absolute atomic E-state index is 13.8. The van der Waals surface area contributed by atoms with Gasteiger partial charge in [0.25, 0.3) is 5.91 Å². The first-order chi connectivity index (χ1) is 16.4. The molecule has 0 saturated heterocycles. The molecule has 1 saturated carbocycles. The Hall–Kier alpha value is -3.63. The molecule has 1 fully saturated rings. The highest BCUT2D eigenvalue weighted by Gasteiger charge is 2.64. The molecule has 0 aliphatic heterocycles. The SMILES string of the molecule is CO/C=C(/C)c1ccc(O)c2c1CC1CC3C(N(C)C)C(=O)C(C(N)=O)=C(O)C3(O)C(=O)C1=C2O. The van der Waals surface area contributed by atoms with E-state index in [1.165, 1.54) is 24.3 Å². The fourth-order valence-electron chi connectivity index (χ4n) is 5.85. The number of benzene rings is 1. The zero-order valence-electron chi connectivity index (χ0n) is 19.8. The Morgan fingerprint density at radius 3 is 2.46 bits per heavy atom. The number of ether oxygens (including phenoxy) is 1. The van der Waals surface area contributed by atoms with Gasteiger partial charge in [0.1, 0.15) is 22.8 Å².